The lowest BCUT2D eigenvalue weighted by molar-refractivity contribution is -0.131. The second kappa shape index (κ2) is 7.55. The molecular weight excluding hydrogens is 282 g/mol. The lowest BCUT2D eigenvalue weighted by Gasteiger charge is -2.11. The van der Waals surface area contributed by atoms with Crippen LogP contribution in [0.3, 0.4) is 0 Å². The number of amides is 1. The van der Waals surface area contributed by atoms with Gasteiger partial charge in [0, 0.05) is 22.7 Å². The second-order valence-electron chi connectivity index (χ2n) is 4.36. The number of carbonyl (C=O) groups excluding carboxylic acids is 1. The number of nitrogens with one attached hydrogen (secondary N) is 1. The van der Waals surface area contributed by atoms with E-state index in [0.29, 0.717) is 16.3 Å². The van der Waals surface area contributed by atoms with E-state index in [0.717, 1.165) is 6.08 Å². The number of carboxylic acids is 1. The van der Waals surface area contributed by atoms with Crippen molar-refractivity contribution in [1.29, 1.82) is 0 Å². The van der Waals surface area contributed by atoms with Crippen molar-refractivity contribution >= 4 is 29.6 Å². The second-order valence-corrected chi connectivity index (χ2v) is 4.80. The molecule has 20 heavy (non-hydrogen) atoms. The standard InChI is InChI=1S/C14H16ClNO4/c1-9(2)16-13(17)8-20-12-5-4-11(15)7-10(12)3-6-14(18)19/h3-7,9H,8H2,1-2H3,(H,16,17)(H,18,19)/b6-3+. The summed E-state index contributed by atoms with van der Waals surface area (Å²) < 4.78 is 5.37. The molecule has 0 spiro atoms. The summed E-state index contributed by atoms with van der Waals surface area (Å²) in [6, 6.07) is 4.79. The minimum atomic E-state index is -1.08. The van der Waals surface area contributed by atoms with Crippen molar-refractivity contribution in [2.75, 3.05) is 6.61 Å². The van der Waals surface area contributed by atoms with Gasteiger partial charge in [-0.3, -0.25) is 4.79 Å². The van der Waals surface area contributed by atoms with Crippen LogP contribution in [0.15, 0.2) is 24.3 Å². The van der Waals surface area contributed by atoms with Gasteiger partial charge < -0.3 is 15.2 Å². The summed E-state index contributed by atoms with van der Waals surface area (Å²) in [6.07, 6.45) is 2.34. The van der Waals surface area contributed by atoms with Crippen molar-refractivity contribution in [3.63, 3.8) is 0 Å². The highest BCUT2D eigenvalue weighted by Gasteiger charge is 2.07. The topological polar surface area (TPSA) is 75.6 Å². The highest BCUT2D eigenvalue weighted by Crippen LogP contribution is 2.24. The maximum absolute atomic E-state index is 11.5. The minimum Gasteiger partial charge on any atom is -0.483 e. The molecular formula is C14H16ClNO4. The van der Waals surface area contributed by atoms with Gasteiger partial charge in [-0.1, -0.05) is 11.6 Å². The molecule has 1 rings (SSSR count). The monoisotopic (exact) mass is 297 g/mol. The Morgan fingerprint density at radius 2 is 2.15 bits per heavy atom. The minimum absolute atomic E-state index is 0.0303. The molecule has 2 N–H and O–H groups in total. The number of halogens is 1. The van der Waals surface area contributed by atoms with Gasteiger partial charge in [-0.2, -0.15) is 0 Å². The van der Waals surface area contributed by atoms with Crippen LogP contribution in [0.1, 0.15) is 19.4 Å². The van der Waals surface area contributed by atoms with E-state index in [4.69, 9.17) is 21.4 Å². The van der Waals surface area contributed by atoms with Crippen molar-refractivity contribution in [3.05, 3.63) is 34.9 Å². The summed E-state index contributed by atoms with van der Waals surface area (Å²) in [5.74, 6) is -0.928. The number of rotatable bonds is 6. The highest BCUT2D eigenvalue weighted by atomic mass is 35.5. The summed E-state index contributed by atoms with van der Waals surface area (Å²) in [7, 11) is 0. The summed E-state index contributed by atoms with van der Waals surface area (Å²) >= 11 is 5.85. The van der Waals surface area contributed by atoms with Crippen LogP contribution in [0, 0.1) is 0 Å². The van der Waals surface area contributed by atoms with Crippen molar-refractivity contribution < 1.29 is 19.4 Å². The van der Waals surface area contributed by atoms with E-state index < -0.39 is 5.97 Å². The fourth-order valence-corrected chi connectivity index (χ4v) is 1.63. The molecule has 1 amide bonds. The van der Waals surface area contributed by atoms with Gasteiger partial charge in [-0.05, 0) is 38.1 Å². The van der Waals surface area contributed by atoms with Crippen LogP contribution in [0.25, 0.3) is 6.08 Å². The molecule has 0 aliphatic carbocycles. The van der Waals surface area contributed by atoms with Crippen molar-refractivity contribution in [2.24, 2.45) is 0 Å². The van der Waals surface area contributed by atoms with Crippen LogP contribution in [-0.4, -0.2) is 29.6 Å². The Morgan fingerprint density at radius 3 is 2.75 bits per heavy atom. The van der Waals surface area contributed by atoms with E-state index >= 15 is 0 Å². The molecule has 0 bridgehead atoms. The predicted octanol–water partition coefficient (Wildman–Crippen LogP) is 2.34. The number of ether oxygens (including phenoxy) is 1. The molecule has 0 radical (unpaired) electrons. The van der Waals surface area contributed by atoms with Gasteiger partial charge in [0.1, 0.15) is 5.75 Å². The van der Waals surface area contributed by atoms with Crippen LogP contribution < -0.4 is 10.1 Å². The number of hydrogen-bond donors (Lipinski definition) is 2. The molecule has 0 unspecified atom stereocenters. The maximum Gasteiger partial charge on any atom is 0.328 e. The van der Waals surface area contributed by atoms with Crippen molar-refractivity contribution in [3.8, 4) is 5.75 Å². The summed E-state index contributed by atoms with van der Waals surface area (Å²) in [5.41, 5.74) is 0.497. The number of hydrogen-bond acceptors (Lipinski definition) is 3. The first-order valence-electron chi connectivity index (χ1n) is 6.01. The molecule has 0 fully saturated rings. The SMILES string of the molecule is CC(C)NC(=O)COc1ccc(Cl)cc1/C=C/C(=O)O. The molecule has 0 saturated heterocycles. The molecule has 108 valence electrons. The average Bonchev–Trinajstić information content (AvgIpc) is 2.34. The molecule has 1 aromatic rings. The van der Waals surface area contributed by atoms with Crippen LogP contribution >= 0.6 is 11.6 Å². The Balaban J connectivity index is 2.78. The van der Waals surface area contributed by atoms with Gasteiger partial charge in [0.15, 0.2) is 6.61 Å². The molecule has 0 aliphatic rings. The quantitative estimate of drug-likeness (QED) is 0.790. The van der Waals surface area contributed by atoms with E-state index in [1.54, 1.807) is 18.2 Å². The largest absolute Gasteiger partial charge is 0.483 e. The molecule has 0 saturated carbocycles. The average molecular weight is 298 g/mol. The number of aliphatic carboxylic acids is 1. The fourth-order valence-electron chi connectivity index (χ4n) is 1.45. The Morgan fingerprint density at radius 1 is 1.45 bits per heavy atom. The zero-order valence-corrected chi connectivity index (χ0v) is 12.0. The molecule has 0 atom stereocenters. The Bertz CT molecular complexity index is 526. The fraction of sp³-hybridized carbons (Fsp3) is 0.286. The van der Waals surface area contributed by atoms with Crippen molar-refractivity contribution in [1.82, 2.24) is 5.32 Å². The first-order chi connectivity index (χ1) is 9.38. The van der Waals surface area contributed by atoms with Gasteiger partial charge in [-0.15, -0.1) is 0 Å². The summed E-state index contributed by atoms with van der Waals surface area (Å²) in [5, 5.41) is 11.8. The number of carbonyl (C=O) groups is 2. The Labute approximate surface area is 122 Å². The third-order valence-corrected chi connectivity index (χ3v) is 2.42. The van der Waals surface area contributed by atoms with Crippen LogP contribution in [0.2, 0.25) is 5.02 Å². The van der Waals surface area contributed by atoms with E-state index in [1.807, 2.05) is 13.8 Å². The van der Waals surface area contributed by atoms with Gasteiger partial charge in [0.25, 0.3) is 5.91 Å². The zero-order chi connectivity index (χ0) is 15.1. The lowest BCUT2D eigenvalue weighted by Crippen LogP contribution is -2.34. The summed E-state index contributed by atoms with van der Waals surface area (Å²) in [6.45, 7) is 3.55. The Hall–Kier alpha value is -2.01. The molecule has 0 heterocycles. The smallest absolute Gasteiger partial charge is 0.328 e. The van der Waals surface area contributed by atoms with Crippen LogP contribution in [0.5, 0.6) is 5.75 Å². The normalized spacial score (nSPS) is 10.8. The van der Waals surface area contributed by atoms with Gasteiger partial charge >= 0.3 is 5.97 Å². The van der Waals surface area contributed by atoms with Gasteiger partial charge in [0.05, 0.1) is 0 Å². The molecule has 0 aliphatic heterocycles. The third-order valence-electron chi connectivity index (χ3n) is 2.19. The van der Waals surface area contributed by atoms with Gasteiger partial charge in [0.2, 0.25) is 0 Å². The van der Waals surface area contributed by atoms with Gasteiger partial charge in [-0.25, -0.2) is 4.79 Å². The zero-order valence-electron chi connectivity index (χ0n) is 11.2. The predicted molar refractivity (Wildman–Crippen MR) is 76.9 cm³/mol. The lowest BCUT2D eigenvalue weighted by atomic mass is 10.2. The van der Waals surface area contributed by atoms with E-state index in [1.165, 1.54) is 6.08 Å². The maximum atomic E-state index is 11.5. The first-order valence-corrected chi connectivity index (χ1v) is 6.39. The molecule has 6 heteroatoms. The van der Waals surface area contributed by atoms with E-state index in [9.17, 15) is 9.59 Å². The van der Waals surface area contributed by atoms with E-state index in [-0.39, 0.29) is 18.6 Å². The van der Waals surface area contributed by atoms with Crippen molar-refractivity contribution in [2.45, 2.75) is 19.9 Å². The van der Waals surface area contributed by atoms with Crippen LogP contribution in [-0.2, 0) is 9.59 Å². The van der Waals surface area contributed by atoms with E-state index in [2.05, 4.69) is 5.32 Å². The Kier molecular flexibility index (Phi) is 6.06. The van der Waals surface area contributed by atoms with Crippen LogP contribution in [0.4, 0.5) is 0 Å². The number of carboxylic acid groups (broad SMARTS) is 1. The molecule has 0 aromatic heterocycles. The summed E-state index contributed by atoms with van der Waals surface area (Å²) in [4.78, 5) is 22.0. The highest BCUT2D eigenvalue weighted by molar-refractivity contribution is 6.30. The first kappa shape index (κ1) is 16.0. The molecule has 5 nitrogen and oxygen atoms in total. The number of benzene rings is 1. The molecule has 1 aromatic carbocycles. The third kappa shape index (κ3) is 5.75.